The van der Waals surface area contributed by atoms with Gasteiger partial charge in [-0.3, -0.25) is 19.6 Å². The minimum Gasteiger partial charge on any atom is -0.339 e. The summed E-state index contributed by atoms with van der Waals surface area (Å²) in [6, 6.07) is 13.9. The first-order chi connectivity index (χ1) is 16.5. The van der Waals surface area contributed by atoms with Crippen LogP contribution in [0.5, 0.6) is 0 Å². The van der Waals surface area contributed by atoms with Gasteiger partial charge in [-0.1, -0.05) is 30.7 Å². The van der Waals surface area contributed by atoms with E-state index in [0.29, 0.717) is 18.2 Å². The van der Waals surface area contributed by atoms with E-state index in [1.54, 1.807) is 24.3 Å². The number of nitrogens with two attached hydrogens (primary N) is 1. The Bertz CT molecular complexity index is 1020. The highest BCUT2D eigenvalue weighted by Gasteiger charge is 2.39. The maximum absolute atomic E-state index is 12.3. The van der Waals surface area contributed by atoms with Crippen molar-refractivity contribution in [3.8, 4) is 11.1 Å². The van der Waals surface area contributed by atoms with E-state index in [-0.39, 0.29) is 12.5 Å². The van der Waals surface area contributed by atoms with E-state index in [1.165, 1.54) is 31.2 Å². The van der Waals surface area contributed by atoms with Gasteiger partial charge in [0.2, 0.25) is 5.91 Å². The fourth-order valence-electron chi connectivity index (χ4n) is 5.03. The van der Waals surface area contributed by atoms with Crippen LogP contribution in [-0.4, -0.2) is 48.1 Å². The van der Waals surface area contributed by atoms with E-state index in [9.17, 15) is 14.4 Å². The number of nitrogens with one attached hydrogen (secondary N) is 4. The number of carbonyl (C=O) groups excluding carboxylic acids is 3. The molecule has 180 valence electrons. The molecule has 0 radical (unpaired) electrons. The van der Waals surface area contributed by atoms with Crippen LogP contribution in [0.2, 0.25) is 0 Å². The van der Waals surface area contributed by atoms with Gasteiger partial charge < -0.3 is 21.7 Å². The summed E-state index contributed by atoms with van der Waals surface area (Å²) in [5.74, 6) is 0.286. The van der Waals surface area contributed by atoms with Crippen molar-refractivity contribution < 1.29 is 19.6 Å². The summed E-state index contributed by atoms with van der Waals surface area (Å²) in [5, 5.41) is 17.5. The minimum absolute atomic E-state index is 0.0449. The molecule has 9 heteroatoms. The average Bonchev–Trinajstić information content (AvgIpc) is 3.50. The lowest BCUT2D eigenvalue weighted by atomic mass is 9.95. The van der Waals surface area contributed by atoms with E-state index in [2.05, 4.69) is 16.0 Å². The predicted molar refractivity (Wildman–Crippen MR) is 128 cm³/mol. The summed E-state index contributed by atoms with van der Waals surface area (Å²) in [4.78, 5) is 36.1. The van der Waals surface area contributed by atoms with Crippen molar-refractivity contribution in [1.29, 1.82) is 0 Å². The van der Waals surface area contributed by atoms with E-state index >= 15 is 0 Å². The van der Waals surface area contributed by atoms with Gasteiger partial charge in [-0.25, -0.2) is 5.48 Å². The molecule has 4 rings (SSSR count). The molecule has 2 aliphatic rings. The third-order valence-corrected chi connectivity index (χ3v) is 6.88. The summed E-state index contributed by atoms with van der Waals surface area (Å²) >= 11 is 0. The predicted octanol–water partition coefficient (Wildman–Crippen LogP) is 1.63. The number of hydroxylamine groups is 1. The van der Waals surface area contributed by atoms with Crippen LogP contribution in [0.3, 0.4) is 0 Å². The van der Waals surface area contributed by atoms with Crippen molar-refractivity contribution >= 4 is 23.4 Å². The van der Waals surface area contributed by atoms with E-state index in [4.69, 9.17) is 10.9 Å². The van der Waals surface area contributed by atoms with Gasteiger partial charge in [0, 0.05) is 23.8 Å². The molecule has 2 bridgehead atoms. The fourth-order valence-corrected chi connectivity index (χ4v) is 5.03. The van der Waals surface area contributed by atoms with Crippen molar-refractivity contribution in [3.63, 3.8) is 0 Å². The van der Waals surface area contributed by atoms with Crippen LogP contribution in [0.15, 0.2) is 48.5 Å². The maximum atomic E-state index is 12.3. The van der Waals surface area contributed by atoms with E-state index in [0.717, 1.165) is 28.7 Å². The molecule has 34 heavy (non-hydrogen) atoms. The molecule has 0 aliphatic heterocycles. The minimum atomic E-state index is -1.02. The Morgan fingerprint density at radius 1 is 0.971 bits per heavy atom. The average molecular weight is 466 g/mol. The lowest BCUT2D eigenvalue weighted by molar-refractivity contribution is -0.130. The van der Waals surface area contributed by atoms with Crippen LogP contribution in [0.1, 0.15) is 36.0 Å². The standard InChI is InChI=1S/C25H31N5O4/c26-13-22(25(33)30-34)29-24(32)18-5-3-16(4-6-18)17-7-9-20(10-8-17)28-23(31)14-27-21-12-15-1-2-19(21)11-15/h3-10,15,19,21-22,27,34H,1-2,11-14,26H2,(H,28,31)(H,29,32)(H,30,33)/t15-,19+,21?,22-/m0/s1. The zero-order valence-corrected chi connectivity index (χ0v) is 18.9. The molecular formula is C25H31N5O4. The largest absolute Gasteiger partial charge is 0.339 e. The Kier molecular flexibility index (Phi) is 7.56. The van der Waals surface area contributed by atoms with Crippen LogP contribution in [-0.2, 0) is 9.59 Å². The van der Waals surface area contributed by atoms with Crippen LogP contribution < -0.4 is 27.2 Å². The number of rotatable bonds is 9. The highest BCUT2D eigenvalue weighted by molar-refractivity contribution is 5.98. The monoisotopic (exact) mass is 465 g/mol. The summed E-state index contributed by atoms with van der Waals surface area (Å²) in [7, 11) is 0. The first-order valence-electron chi connectivity index (χ1n) is 11.7. The first-order valence-corrected chi connectivity index (χ1v) is 11.7. The zero-order chi connectivity index (χ0) is 24.1. The van der Waals surface area contributed by atoms with Crippen molar-refractivity contribution in [2.24, 2.45) is 17.6 Å². The molecule has 9 nitrogen and oxygen atoms in total. The smallest absolute Gasteiger partial charge is 0.267 e. The number of anilines is 1. The Hall–Kier alpha value is -3.27. The maximum Gasteiger partial charge on any atom is 0.267 e. The summed E-state index contributed by atoms with van der Waals surface area (Å²) in [6.07, 6.45) is 5.13. The number of carbonyl (C=O) groups is 3. The molecule has 2 aliphatic carbocycles. The molecule has 0 spiro atoms. The van der Waals surface area contributed by atoms with Crippen molar-refractivity contribution in [3.05, 3.63) is 54.1 Å². The van der Waals surface area contributed by atoms with Gasteiger partial charge in [0.25, 0.3) is 11.8 Å². The van der Waals surface area contributed by atoms with Crippen LogP contribution in [0.4, 0.5) is 5.69 Å². The summed E-state index contributed by atoms with van der Waals surface area (Å²) < 4.78 is 0. The highest BCUT2D eigenvalue weighted by Crippen LogP contribution is 2.44. The molecule has 0 saturated heterocycles. The molecule has 4 atom stereocenters. The van der Waals surface area contributed by atoms with Gasteiger partial charge in [0.15, 0.2) is 0 Å². The second-order valence-corrected chi connectivity index (χ2v) is 9.10. The third-order valence-electron chi connectivity index (χ3n) is 6.88. The van der Waals surface area contributed by atoms with E-state index < -0.39 is 17.9 Å². The van der Waals surface area contributed by atoms with Crippen LogP contribution in [0, 0.1) is 11.8 Å². The van der Waals surface area contributed by atoms with Crippen LogP contribution >= 0.6 is 0 Å². The first kappa shape index (κ1) is 23.9. The zero-order valence-electron chi connectivity index (χ0n) is 18.9. The van der Waals surface area contributed by atoms with Crippen molar-refractivity contribution in [2.75, 3.05) is 18.4 Å². The lowest BCUT2D eigenvalue weighted by Crippen LogP contribution is -2.50. The second kappa shape index (κ2) is 10.8. The highest BCUT2D eigenvalue weighted by atomic mass is 16.5. The molecule has 1 unspecified atom stereocenters. The normalized spacial score (nSPS) is 21.6. The molecule has 7 N–H and O–H groups in total. The molecule has 2 aromatic rings. The van der Waals surface area contributed by atoms with Gasteiger partial charge in [-0.05, 0) is 66.5 Å². The SMILES string of the molecule is NC[C@H](NC(=O)c1ccc(-c2ccc(NC(=O)CNC3C[C@H]4CC[C@@H]3C4)cc2)cc1)C(=O)NO. The number of fused-ring (bicyclic) bond motifs is 2. The second-order valence-electron chi connectivity index (χ2n) is 9.10. The van der Waals surface area contributed by atoms with E-state index in [1.807, 2.05) is 24.3 Å². The number of benzene rings is 2. The quantitative estimate of drug-likeness (QED) is 0.245. The van der Waals surface area contributed by atoms with Gasteiger partial charge >= 0.3 is 0 Å². The van der Waals surface area contributed by atoms with Gasteiger partial charge in [-0.15, -0.1) is 0 Å². The molecule has 2 aromatic carbocycles. The Labute approximate surface area is 198 Å². The fraction of sp³-hybridized carbons (Fsp3) is 0.400. The molecular weight excluding hydrogens is 434 g/mol. The molecule has 0 aromatic heterocycles. The number of hydrogen-bond donors (Lipinski definition) is 6. The number of hydrogen-bond acceptors (Lipinski definition) is 6. The molecule has 0 heterocycles. The topological polar surface area (TPSA) is 146 Å². The third kappa shape index (κ3) is 5.61. The molecule has 2 saturated carbocycles. The molecule has 2 fully saturated rings. The van der Waals surface area contributed by atoms with Gasteiger partial charge in [0.05, 0.1) is 6.54 Å². The van der Waals surface area contributed by atoms with Gasteiger partial charge in [0.1, 0.15) is 6.04 Å². The van der Waals surface area contributed by atoms with Gasteiger partial charge in [-0.2, -0.15) is 0 Å². The van der Waals surface area contributed by atoms with Crippen molar-refractivity contribution in [2.45, 2.75) is 37.8 Å². The van der Waals surface area contributed by atoms with Crippen LogP contribution in [0.25, 0.3) is 11.1 Å². The Morgan fingerprint density at radius 2 is 1.65 bits per heavy atom. The molecule has 3 amide bonds. The lowest BCUT2D eigenvalue weighted by Gasteiger charge is -2.22. The summed E-state index contributed by atoms with van der Waals surface area (Å²) in [5.41, 5.74) is 9.87. The Balaban J connectivity index is 1.28. The Morgan fingerprint density at radius 3 is 2.21 bits per heavy atom. The summed E-state index contributed by atoms with van der Waals surface area (Å²) in [6.45, 7) is 0.181. The van der Waals surface area contributed by atoms with Crippen molar-refractivity contribution in [1.82, 2.24) is 16.1 Å². The number of amides is 3.